The van der Waals surface area contributed by atoms with E-state index in [0.29, 0.717) is 12.8 Å². The Hall–Kier alpha value is -2.42. The highest BCUT2D eigenvalue weighted by molar-refractivity contribution is 6.08. The van der Waals surface area contributed by atoms with Crippen LogP contribution in [0.3, 0.4) is 0 Å². The molecular formula is C17H16N2O. The Morgan fingerprint density at radius 2 is 1.95 bits per heavy atom. The van der Waals surface area contributed by atoms with E-state index in [2.05, 4.69) is 4.98 Å². The molecular weight excluding hydrogens is 248 g/mol. The molecule has 0 saturated carbocycles. The molecule has 3 rings (SSSR count). The van der Waals surface area contributed by atoms with E-state index in [-0.39, 0.29) is 5.78 Å². The van der Waals surface area contributed by atoms with Gasteiger partial charge in [-0.1, -0.05) is 42.5 Å². The molecule has 0 amide bonds. The number of Topliss-reactive ketones (excluding diaryl/α,β-unsaturated/α-hetero) is 1. The smallest absolute Gasteiger partial charge is 0.163 e. The lowest BCUT2D eigenvalue weighted by Gasteiger charge is -2.06. The van der Waals surface area contributed by atoms with Crippen LogP contribution in [0.15, 0.2) is 54.9 Å². The second-order valence-corrected chi connectivity index (χ2v) is 4.90. The fourth-order valence-electron chi connectivity index (χ4n) is 2.47. The summed E-state index contributed by atoms with van der Waals surface area (Å²) in [6.45, 7) is 0. The van der Waals surface area contributed by atoms with E-state index in [0.717, 1.165) is 22.2 Å². The van der Waals surface area contributed by atoms with E-state index in [1.54, 1.807) is 6.20 Å². The summed E-state index contributed by atoms with van der Waals surface area (Å²) in [4.78, 5) is 16.7. The number of imidazole rings is 1. The van der Waals surface area contributed by atoms with Crippen molar-refractivity contribution in [1.29, 1.82) is 0 Å². The van der Waals surface area contributed by atoms with Gasteiger partial charge in [0.15, 0.2) is 5.78 Å². The van der Waals surface area contributed by atoms with E-state index in [1.165, 1.54) is 0 Å². The van der Waals surface area contributed by atoms with Crippen molar-refractivity contribution in [2.24, 2.45) is 7.05 Å². The molecule has 0 fully saturated rings. The van der Waals surface area contributed by atoms with Crippen molar-refractivity contribution in [3.63, 3.8) is 0 Å². The molecule has 100 valence electrons. The Morgan fingerprint density at radius 3 is 2.75 bits per heavy atom. The van der Waals surface area contributed by atoms with E-state index < -0.39 is 0 Å². The Labute approximate surface area is 117 Å². The van der Waals surface area contributed by atoms with Gasteiger partial charge in [0, 0.05) is 37.8 Å². The first kappa shape index (κ1) is 12.6. The van der Waals surface area contributed by atoms with Gasteiger partial charge >= 0.3 is 0 Å². The molecule has 0 radical (unpaired) electrons. The predicted octanol–water partition coefficient (Wildman–Crippen LogP) is 3.39. The number of rotatable bonds is 4. The van der Waals surface area contributed by atoms with Crippen molar-refractivity contribution < 1.29 is 4.79 Å². The van der Waals surface area contributed by atoms with Gasteiger partial charge in [-0.3, -0.25) is 4.79 Å². The van der Waals surface area contributed by atoms with E-state index in [1.807, 2.05) is 60.3 Å². The summed E-state index contributed by atoms with van der Waals surface area (Å²) in [5, 5.41) is 2.13. The quantitative estimate of drug-likeness (QED) is 0.677. The van der Waals surface area contributed by atoms with Crippen molar-refractivity contribution in [2.45, 2.75) is 12.8 Å². The standard InChI is InChI=1S/C17H16N2O/c1-19-12-11-18-17(19)10-9-16(20)15-8-4-6-13-5-2-3-7-14(13)15/h2-8,11-12H,9-10H2,1H3. The Bertz CT molecular complexity index is 753. The largest absolute Gasteiger partial charge is 0.338 e. The van der Waals surface area contributed by atoms with Crippen LogP contribution in [0.1, 0.15) is 22.6 Å². The Kier molecular flexibility index (Phi) is 3.33. The Morgan fingerprint density at radius 1 is 1.15 bits per heavy atom. The summed E-state index contributed by atoms with van der Waals surface area (Å²) < 4.78 is 1.95. The highest BCUT2D eigenvalue weighted by Gasteiger charge is 2.11. The zero-order valence-electron chi connectivity index (χ0n) is 11.4. The first-order valence-electron chi connectivity index (χ1n) is 6.73. The van der Waals surface area contributed by atoms with Crippen molar-refractivity contribution in [3.8, 4) is 0 Å². The first-order chi connectivity index (χ1) is 9.75. The minimum Gasteiger partial charge on any atom is -0.338 e. The van der Waals surface area contributed by atoms with Crippen LogP contribution in [0.5, 0.6) is 0 Å². The minimum atomic E-state index is 0.171. The average Bonchev–Trinajstić information content (AvgIpc) is 2.89. The molecule has 0 spiro atoms. The molecule has 0 saturated heterocycles. The van der Waals surface area contributed by atoms with Gasteiger partial charge in [0.2, 0.25) is 0 Å². The van der Waals surface area contributed by atoms with Crippen molar-refractivity contribution in [1.82, 2.24) is 9.55 Å². The maximum atomic E-state index is 12.4. The lowest BCUT2D eigenvalue weighted by atomic mass is 9.99. The third-order valence-corrected chi connectivity index (χ3v) is 3.59. The maximum absolute atomic E-state index is 12.4. The van der Waals surface area contributed by atoms with Crippen LogP contribution >= 0.6 is 0 Å². The highest BCUT2D eigenvalue weighted by atomic mass is 16.1. The molecule has 20 heavy (non-hydrogen) atoms. The van der Waals surface area contributed by atoms with Gasteiger partial charge < -0.3 is 4.57 Å². The SMILES string of the molecule is Cn1ccnc1CCC(=O)c1cccc2ccccc12. The van der Waals surface area contributed by atoms with Crippen LogP contribution in [0.25, 0.3) is 10.8 Å². The summed E-state index contributed by atoms with van der Waals surface area (Å²) in [6.07, 6.45) is 4.82. The third kappa shape index (κ3) is 2.35. The van der Waals surface area contributed by atoms with E-state index in [4.69, 9.17) is 0 Å². The summed E-state index contributed by atoms with van der Waals surface area (Å²) in [7, 11) is 1.95. The lowest BCUT2D eigenvalue weighted by Crippen LogP contribution is -2.05. The van der Waals surface area contributed by atoms with Gasteiger partial charge in [0.1, 0.15) is 5.82 Å². The van der Waals surface area contributed by atoms with Gasteiger partial charge in [-0.2, -0.15) is 0 Å². The van der Waals surface area contributed by atoms with Gasteiger partial charge in [-0.15, -0.1) is 0 Å². The minimum absolute atomic E-state index is 0.171. The topological polar surface area (TPSA) is 34.9 Å². The summed E-state index contributed by atoms with van der Waals surface area (Å²) >= 11 is 0. The number of aromatic nitrogens is 2. The van der Waals surface area contributed by atoms with Crippen molar-refractivity contribution in [3.05, 3.63) is 66.2 Å². The molecule has 1 heterocycles. The van der Waals surface area contributed by atoms with Crippen LogP contribution in [0, 0.1) is 0 Å². The monoisotopic (exact) mass is 264 g/mol. The molecule has 0 atom stereocenters. The highest BCUT2D eigenvalue weighted by Crippen LogP contribution is 2.20. The number of ketones is 1. The molecule has 0 bridgehead atoms. The lowest BCUT2D eigenvalue weighted by molar-refractivity contribution is 0.0983. The fraction of sp³-hybridized carbons (Fsp3) is 0.176. The first-order valence-corrected chi connectivity index (χ1v) is 6.73. The third-order valence-electron chi connectivity index (χ3n) is 3.59. The molecule has 0 aliphatic heterocycles. The summed E-state index contributed by atoms with van der Waals surface area (Å²) in [6, 6.07) is 13.9. The molecule has 3 nitrogen and oxygen atoms in total. The number of carbonyl (C=O) groups is 1. The van der Waals surface area contributed by atoms with E-state index >= 15 is 0 Å². The van der Waals surface area contributed by atoms with Crippen LogP contribution in [-0.2, 0) is 13.5 Å². The summed E-state index contributed by atoms with van der Waals surface area (Å²) in [5.74, 6) is 1.11. The molecule has 3 aromatic rings. The molecule has 0 N–H and O–H groups in total. The van der Waals surface area contributed by atoms with Crippen LogP contribution < -0.4 is 0 Å². The average molecular weight is 264 g/mol. The zero-order chi connectivity index (χ0) is 13.9. The normalized spacial score (nSPS) is 10.8. The number of aryl methyl sites for hydroxylation is 2. The number of benzene rings is 2. The number of hydrogen-bond acceptors (Lipinski definition) is 2. The number of hydrogen-bond donors (Lipinski definition) is 0. The number of carbonyl (C=O) groups excluding carboxylic acids is 1. The molecule has 3 heteroatoms. The van der Waals surface area contributed by atoms with Crippen molar-refractivity contribution >= 4 is 16.6 Å². The zero-order valence-corrected chi connectivity index (χ0v) is 11.4. The van der Waals surface area contributed by atoms with Crippen LogP contribution in [0.4, 0.5) is 0 Å². The van der Waals surface area contributed by atoms with Gasteiger partial charge in [0.05, 0.1) is 0 Å². The van der Waals surface area contributed by atoms with E-state index in [9.17, 15) is 4.79 Å². The number of nitrogens with zero attached hydrogens (tertiary/aromatic N) is 2. The molecule has 0 aliphatic carbocycles. The van der Waals surface area contributed by atoms with Gasteiger partial charge in [-0.05, 0) is 10.8 Å². The maximum Gasteiger partial charge on any atom is 0.163 e. The molecule has 1 aromatic heterocycles. The predicted molar refractivity (Wildman–Crippen MR) is 79.8 cm³/mol. The summed E-state index contributed by atoms with van der Waals surface area (Å²) in [5.41, 5.74) is 0.803. The van der Waals surface area contributed by atoms with Crippen LogP contribution in [-0.4, -0.2) is 15.3 Å². The fourth-order valence-corrected chi connectivity index (χ4v) is 2.47. The molecule has 0 unspecified atom stereocenters. The molecule has 0 aliphatic rings. The van der Waals surface area contributed by atoms with Crippen LogP contribution in [0.2, 0.25) is 0 Å². The van der Waals surface area contributed by atoms with Gasteiger partial charge in [0.25, 0.3) is 0 Å². The molecule has 2 aromatic carbocycles. The van der Waals surface area contributed by atoms with Gasteiger partial charge in [-0.25, -0.2) is 4.98 Å². The van der Waals surface area contributed by atoms with Crippen molar-refractivity contribution in [2.75, 3.05) is 0 Å². The second kappa shape index (κ2) is 5.29. The number of fused-ring (bicyclic) bond motifs is 1. The Balaban J connectivity index is 1.84. The second-order valence-electron chi connectivity index (χ2n) is 4.90.